The lowest BCUT2D eigenvalue weighted by molar-refractivity contribution is 0.0949. The molecule has 0 unspecified atom stereocenters. The Labute approximate surface area is 154 Å². The third-order valence-corrected chi connectivity index (χ3v) is 4.10. The van der Waals surface area contributed by atoms with E-state index < -0.39 is 0 Å². The van der Waals surface area contributed by atoms with Gasteiger partial charge in [-0.2, -0.15) is 0 Å². The summed E-state index contributed by atoms with van der Waals surface area (Å²) in [6.07, 6.45) is 0.826. The molecule has 6 heteroatoms. The molecule has 140 valence electrons. The second-order valence-corrected chi connectivity index (χ2v) is 5.75. The Morgan fingerprint density at radius 1 is 0.962 bits per heavy atom. The van der Waals surface area contributed by atoms with Gasteiger partial charge in [0.25, 0.3) is 5.91 Å². The van der Waals surface area contributed by atoms with Crippen LogP contribution in [0.15, 0.2) is 42.5 Å². The molecular formula is C20H26N2O4. The molecule has 0 fully saturated rings. The molecule has 0 saturated heterocycles. The molecule has 2 aromatic rings. The summed E-state index contributed by atoms with van der Waals surface area (Å²) in [5, 5.41) is 2.93. The van der Waals surface area contributed by atoms with Gasteiger partial charge in [-0.1, -0.05) is 18.2 Å². The minimum absolute atomic E-state index is 0.204. The quantitative estimate of drug-likeness (QED) is 0.699. The number of hydrogen-bond acceptors (Lipinski definition) is 5. The van der Waals surface area contributed by atoms with Crippen molar-refractivity contribution >= 4 is 11.6 Å². The molecule has 1 amide bonds. The van der Waals surface area contributed by atoms with Crippen LogP contribution in [0, 0.1) is 0 Å². The fraction of sp³-hybridized carbons (Fsp3) is 0.350. The zero-order valence-electron chi connectivity index (χ0n) is 15.7. The lowest BCUT2D eigenvalue weighted by Gasteiger charge is -2.19. The number of rotatable bonds is 9. The van der Waals surface area contributed by atoms with Gasteiger partial charge in [-0.05, 0) is 30.7 Å². The van der Waals surface area contributed by atoms with E-state index in [2.05, 4.69) is 22.3 Å². The monoisotopic (exact) mass is 358 g/mol. The van der Waals surface area contributed by atoms with Crippen LogP contribution in [0.4, 0.5) is 5.69 Å². The van der Waals surface area contributed by atoms with Gasteiger partial charge in [-0.3, -0.25) is 4.79 Å². The predicted molar refractivity (Wildman–Crippen MR) is 103 cm³/mol. The molecule has 0 aliphatic rings. The third kappa shape index (κ3) is 4.59. The number of benzene rings is 2. The molecule has 2 rings (SSSR count). The van der Waals surface area contributed by atoms with Crippen molar-refractivity contribution in [1.82, 2.24) is 5.32 Å². The van der Waals surface area contributed by atoms with Crippen LogP contribution in [0.5, 0.6) is 17.2 Å². The van der Waals surface area contributed by atoms with E-state index in [1.165, 1.54) is 14.2 Å². The Hall–Kier alpha value is -2.89. The summed E-state index contributed by atoms with van der Waals surface area (Å²) in [7, 11) is 6.60. The molecule has 26 heavy (non-hydrogen) atoms. The molecular weight excluding hydrogens is 332 g/mol. The molecule has 0 spiro atoms. The highest BCUT2D eigenvalue weighted by Crippen LogP contribution is 2.39. The van der Waals surface area contributed by atoms with E-state index in [0.717, 1.165) is 18.7 Å². The van der Waals surface area contributed by atoms with Crippen LogP contribution in [-0.4, -0.2) is 47.4 Å². The zero-order valence-corrected chi connectivity index (χ0v) is 15.7. The number of nitrogens with one attached hydrogen (secondary N) is 1. The van der Waals surface area contributed by atoms with Gasteiger partial charge in [0.1, 0.15) is 0 Å². The van der Waals surface area contributed by atoms with Crippen LogP contribution in [0.1, 0.15) is 16.8 Å². The molecule has 0 bridgehead atoms. The van der Waals surface area contributed by atoms with E-state index >= 15 is 0 Å². The van der Waals surface area contributed by atoms with Gasteiger partial charge in [-0.15, -0.1) is 0 Å². The van der Waals surface area contributed by atoms with Crippen molar-refractivity contribution in [3.8, 4) is 17.2 Å². The van der Waals surface area contributed by atoms with Gasteiger partial charge >= 0.3 is 0 Å². The van der Waals surface area contributed by atoms with E-state index in [0.29, 0.717) is 29.4 Å². The summed E-state index contributed by atoms with van der Waals surface area (Å²) in [5.74, 6) is 1.09. The maximum Gasteiger partial charge on any atom is 0.255 e. The van der Waals surface area contributed by atoms with Crippen molar-refractivity contribution in [1.29, 1.82) is 0 Å². The Bertz CT molecular complexity index is 719. The smallest absolute Gasteiger partial charge is 0.255 e. The molecule has 6 nitrogen and oxygen atoms in total. The summed E-state index contributed by atoms with van der Waals surface area (Å²) >= 11 is 0. The molecule has 1 N–H and O–H groups in total. The van der Waals surface area contributed by atoms with Crippen molar-refractivity contribution in [2.45, 2.75) is 6.42 Å². The third-order valence-electron chi connectivity index (χ3n) is 4.10. The molecule has 0 aliphatic carbocycles. The van der Waals surface area contributed by atoms with E-state index in [9.17, 15) is 4.79 Å². The standard InChI is InChI=1S/C20H26N2O4/c1-22(15-9-6-5-7-10-15)14-8-13-21-20(23)16-11-12-17(24-2)19(26-4)18(16)25-3/h5-7,9-12H,8,13-14H2,1-4H3,(H,21,23). The van der Waals surface area contributed by atoms with Gasteiger partial charge in [0.05, 0.1) is 26.9 Å². The number of amides is 1. The first kappa shape index (κ1) is 19.4. The van der Waals surface area contributed by atoms with Gasteiger partial charge in [0, 0.05) is 25.8 Å². The Morgan fingerprint density at radius 2 is 1.65 bits per heavy atom. The van der Waals surface area contributed by atoms with Crippen LogP contribution in [0.25, 0.3) is 0 Å². The largest absolute Gasteiger partial charge is 0.493 e. The predicted octanol–water partition coefficient (Wildman–Crippen LogP) is 2.97. The lowest BCUT2D eigenvalue weighted by atomic mass is 10.1. The van der Waals surface area contributed by atoms with Gasteiger partial charge in [0.2, 0.25) is 5.75 Å². The SMILES string of the molecule is COc1ccc(C(=O)NCCCN(C)c2ccccc2)c(OC)c1OC. The summed E-state index contributed by atoms with van der Waals surface area (Å²) in [6, 6.07) is 13.5. The van der Waals surface area contributed by atoms with Crippen molar-refractivity contribution < 1.29 is 19.0 Å². The first-order chi connectivity index (χ1) is 12.6. The zero-order chi connectivity index (χ0) is 18.9. The Balaban J connectivity index is 1.94. The minimum Gasteiger partial charge on any atom is -0.493 e. The summed E-state index contributed by atoms with van der Waals surface area (Å²) in [6.45, 7) is 1.40. The van der Waals surface area contributed by atoms with Crippen molar-refractivity contribution in [3.05, 3.63) is 48.0 Å². The second-order valence-electron chi connectivity index (χ2n) is 5.75. The van der Waals surface area contributed by atoms with Gasteiger partial charge in [-0.25, -0.2) is 0 Å². The Kier molecular flexibility index (Phi) is 7.14. The van der Waals surface area contributed by atoms with E-state index in [1.807, 2.05) is 25.2 Å². The van der Waals surface area contributed by atoms with Crippen LogP contribution >= 0.6 is 0 Å². The number of methoxy groups -OCH3 is 3. The number of nitrogens with zero attached hydrogens (tertiary/aromatic N) is 1. The first-order valence-electron chi connectivity index (χ1n) is 8.45. The normalized spacial score (nSPS) is 10.2. The van der Waals surface area contributed by atoms with Crippen LogP contribution in [0.2, 0.25) is 0 Å². The van der Waals surface area contributed by atoms with E-state index in [4.69, 9.17) is 14.2 Å². The fourth-order valence-corrected chi connectivity index (χ4v) is 2.71. The van der Waals surface area contributed by atoms with Gasteiger partial charge < -0.3 is 24.4 Å². The highest BCUT2D eigenvalue weighted by atomic mass is 16.5. The van der Waals surface area contributed by atoms with Gasteiger partial charge in [0.15, 0.2) is 11.5 Å². The van der Waals surface area contributed by atoms with Crippen LogP contribution in [-0.2, 0) is 0 Å². The van der Waals surface area contributed by atoms with Crippen molar-refractivity contribution in [3.63, 3.8) is 0 Å². The maximum atomic E-state index is 12.5. The van der Waals surface area contributed by atoms with Crippen LogP contribution in [0.3, 0.4) is 0 Å². The summed E-state index contributed by atoms with van der Waals surface area (Å²) in [5.41, 5.74) is 1.57. The number of carbonyl (C=O) groups is 1. The minimum atomic E-state index is -0.204. The lowest BCUT2D eigenvalue weighted by Crippen LogP contribution is -2.28. The average molecular weight is 358 g/mol. The molecule has 0 saturated carbocycles. The highest BCUT2D eigenvalue weighted by molar-refractivity contribution is 5.98. The Morgan fingerprint density at radius 3 is 2.27 bits per heavy atom. The molecule has 0 atom stereocenters. The first-order valence-corrected chi connectivity index (χ1v) is 8.45. The number of hydrogen-bond donors (Lipinski definition) is 1. The molecule has 0 radical (unpaired) electrons. The molecule has 2 aromatic carbocycles. The van der Waals surface area contributed by atoms with Crippen LogP contribution < -0.4 is 24.4 Å². The molecule has 0 aromatic heterocycles. The van der Waals surface area contributed by atoms with E-state index in [-0.39, 0.29) is 5.91 Å². The fourth-order valence-electron chi connectivity index (χ4n) is 2.71. The average Bonchev–Trinajstić information content (AvgIpc) is 2.70. The van der Waals surface area contributed by atoms with Crippen molar-refractivity contribution in [2.24, 2.45) is 0 Å². The van der Waals surface area contributed by atoms with Crippen molar-refractivity contribution in [2.75, 3.05) is 46.4 Å². The second kappa shape index (κ2) is 9.56. The number of para-hydroxylation sites is 1. The summed E-state index contributed by atoms with van der Waals surface area (Å²) in [4.78, 5) is 14.7. The topological polar surface area (TPSA) is 60.0 Å². The van der Waals surface area contributed by atoms with E-state index in [1.54, 1.807) is 19.2 Å². The number of anilines is 1. The summed E-state index contributed by atoms with van der Waals surface area (Å²) < 4.78 is 15.9. The number of ether oxygens (including phenoxy) is 3. The molecule has 0 aliphatic heterocycles. The molecule has 0 heterocycles. The highest BCUT2D eigenvalue weighted by Gasteiger charge is 2.20. The number of carbonyl (C=O) groups excluding carboxylic acids is 1. The maximum absolute atomic E-state index is 12.5.